The summed E-state index contributed by atoms with van der Waals surface area (Å²) in [5.41, 5.74) is 3.80. The van der Waals surface area contributed by atoms with Gasteiger partial charge in [0.05, 0.1) is 12.7 Å². The van der Waals surface area contributed by atoms with Gasteiger partial charge in [0.1, 0.15) is 6.79 Å². The van der Waals surface area contributed by atoms with Gasteiger partial charge in [-0.05, 0) is 105 Å². The summed E-state index contributed by atoms with van der Waals surface area (Å²) in [4.78, 5) is 12.2. The topological polar surface area (TPSA) is 44.8 Å². The number of rotatable bonds is 9. The molecule has 1 aromatic rings. The van der Waals surface area contributed by atoms with Gasteiger partial charge in [-0.1, -0.05) is 6.07 Å². The molecule has 28 heavy (non-hydrogen) atoms. The summed E-state index contributed by atoms with van der Waals surface area (Å²) in [5, 5.41) is 0. The van der Waals surface area contributed by atoms with Crippen LogP contribution in [0.15, 0.2) is 18.2 Å². The van der Waals surface area contributed by atoms with Crippen LogP contribution in [0.4, 0.5) is 0 Å². The molecule has 154 valence electrons. The fraction of sp³-hybridized carbons (Fsp3) is 0.708. The average Bonchev–Trinajstić information content (AvgIpc) is 2.69. The van der Waals surface area contributed by atoms with Crippen LogP contribution in [-0.4, -0.2) is 33.1 Å². The Morgan fingerprint density at radius 3 is 2.36 bits per heavy atom. The molecule has 4 saturated carbocycles. The van der Waals surface area contributed by atoms with E-state index in [2.05, 4.69) is 12.1 Å². The van der Waals surface area contributed by atoms with Gasteiger partial charge in [0.25, 0.3) is 0 Å². The Balaban J connectivity index is 1.56. The Morgan fingerprint density at radius 1 is 1.07 bits per heavy atom. The van der Waals surface area contributed by atoms with Crippen LogP contribution in [0.5, 0.6) is 0 Å². The third-order valence-corrected chi connectivity index (χ3v) is 7.25. The van der Waals surface area contributed by atoms with Crippen molar-refractivity contribution in [2.75, 3.05) is 27.1 Å². The maximum Gasteiger partial charge on any atom is 0.337 e. The van der Waals surface area contributed by atoms with Gasteiger partial charge >= 0.3 is 5.97 Å². The third-order valence-electron chi connectivity index (χ3n) is 7.25. The number of carbonyl (C=O) groups is 1. The number of carbonyl (C=O) groups excluding carboxylic acids is 1. The van der Waals surface area contributed by atoms with Gasteiger partial charge in [0.15, 0.2) is 0 Å². The van der Waals surface area contributed by atoms with Crippen molar-refractivity contribution in [2.24, 2.45) is 17.8 Å². The van der Waals surface area contributed by atoms with Crippen LogP contribution < -0.4 is 0 Å². The molecule has 4 nitrogen and oxygen atoms in total. The highest BCUT2D eigenvalue weighted by Gasteiger charge is 2.52. The highest BCUT2D eigenvalue weighted by atomic mass is 16.7. The predicted octanol–water partition coefficient (Wildman–Crippen LogP) is 4.88. The molecule has 0 saturated heterocycles. The minimum Gasteiger partial charge on any atom is -0.465 e. The largest absolute Gasteiger partial charge is 0.465 e. The van der Waals surface area contributed by atoms with E-state index in [9.17, 15) is 4.79 Å². The summed E-state index contributed by atoms with van der Waals surface area (Å²) in [5.74, 6) is 2.43. The molecule has 4 aliphatic rings. The lowest BCUT2D eigenvalue weighted by molar-refractivity contribution is -0.0498. The second kappa shape index (κ2) is 8.54. The summed E-state index contributed by atoms with van der Waals surface area (Å²) in [6.07, 6.45) is 10.2. The van der Waals surface area contributed by atoms with Gasteiger partial charge in [0.2, 0.25) is 0 Å². The van der Waals surface area contributed by atoms with Crippen LogP contribution in [0.25, 0.3) is 0 Å². The van der Waals surface area contributed by atoms with Gasteiger partial charge in [-0.15, -0.1) is 0 Å². The quantitative estimate of drug-likeness (QED) is 0.345. The van der Waals surface area contributed by atoms with Gasteiger partial charge in [-0.2, -0.15) is 0 Å². The summed E-state index contributed by atoms with van der Waals surface area (Å²) in [6.45, 7) is 3.74. The number of esters is 1. The minimum absolute atomic E-state index is 0.224. The van der Waals surface area contributed by atoms with Crippen LogP contribution in [0.1, 0.15) is 73.4 Å². The number of hydrogen-bond donors (Lipinski definition) is 0. The van der Waals surface area contributed by atoms with Crippen molar-refractivity contribution >= 4 is 5.97 Å². The Hall–Kier alpha value is -1.39. The second-order valence-electron chi connectivity index (χ2n) is 9.18. The van der Waals surface area contributed by atoms with Crippen molar-refractivity contribution < 1.29 is 19.0 Å². The first-order chi connectivity index (χ1) is 13.6. The van der Waals surface area contributed by atoms with Gasteiger partial charge in [-0.25, -0.2) is 4.79 Å². The van der Waals surface area contributed by atoms with Crippen LogP contribution >= 0.6 is 0 Å². The fourth-order valence-electron chi connectivity index (χ4n) is 6.54. The lowest BCUT2D eigenvalue weighted by Crippen LogP contribution is -2.49. The van der Waals surface area contributed by atoms with Crippen molar-refractivity contribution in [2.45, 2.75) is 63.7 Å². The zero-order valence-electron chi connectivity index (χ0n) is 17.4. The molecule has 0 aliphatic heterocycles. The van der Waals surface area contributed by atoms with E-state index in [1.54, 1.807) is 0 Å². The van der Waals surface area contributed by atoms with E-state index in [-0.39, 0.29) is 11.4 Å². The first-order valence-electron chi connectivity index (χ1n) is 11.0. The summed E-state index contributed by atoms with van der Waals surface area (Å²) in [7, 11) is 1.47. The number of ether oxygens (including phenoxy) is 3. The van der Waals surface area contributed by atoms with Crippen molar-refractivity contribution in [1.82, 2.24) is 0 Å². The maximum atomic E-state index is 12.2. The molecule has 0 unspecified atom stereocenters. The summed E-state index contributed by atoms with van der Waals surface area (Å²) in [6, 6.07) is 6.27. The summed E-state index contributed by atoms with van der Waals surface area (Å²) < 4.78 is 15.8. The van der Waals surface area contributed by atoms with E-state index >= 15 is 0 Å². The lowest BCUT2D eigenvalue weighted by Gasteiger charge is -2.57. The molecule has 4 fully saturated rings. The van der Waals surface area contributed by atoms with Crippen LogP contribution in [0, 0.1) is 17.8 Å². The average molecular weight is 387 g/mol. The third kappa shape index (κ3) is 3.99. The lowest BCUT2D eigenvalue weighted by atomic mass is 9.47. The van der Waals surface area contributed by atoms with Crippen molar-refractivity contribution in [1.29, 1.82) is 0 Å². The second-order valence-corrected chi connectivity index (χ2v) is 9.18. The highest BCUT2D eigenvalue weighted by molar-refractivity contribution is 5.89. The van der Waals surface area contributed by atoms with Crippen LogP contribution in [-0.2, 0) is 26.0 Å². The first kappa shape index (κ1) is 19.9. The van der Waals surface area contributed by atoms with Crippen LogP contribution in [0.2, 0.25) is 0 Å². The fourth-order valence-corrected chi connectivity index (χ4v) is 6.54. The normalized spacial score (nSPS) is 30.6. The Morgan fingerprint density at radius 2 is 1.75 bits per heavy atom. The molecule has 4 bridgehead atoms. The molecular weight excluding hydrogens is 352 g/mol. The molecule has 4 heteroatoms. The standard InChI is InChI=1S/C24H34O4/c1-3-27-16-28-8-4-5-20-6-7-21(23(25)26-2)12-22(20)24-13-17-9-18(14-24)11-19(10-17)15-24/h6-7,12,17-19H,3-5,8-11,13-16H2,1-2H3. The van der Waals surface area contributed by atoms with Gasteiger partial charge < -0.3 is 14.2 Å². The van der Waals surface area contributed by atoms with Crippen LogP contribution in [0.3, 0.4) is 0 Å². The highest BCUT2D eigenvalue weighted by Crippen LogP contribution is 2.61. The van der Waals surface area contributed by atoms with E-state index in [0.29, 0.717) is 25.6 Å². The van der Waals surface area contributed by atoms with Gasteiger partial charge in [-0.3, -0.25) is 0 Å². The van der Waals surface area contributed by atoms with E-state index in [1.807, 2.05) is 13.0 Å². The van der Waals surface area contributed by atoms with E-state index in [0.717, 1.165) is 30.6 Å². The SMILES string of the molecule is CCOCOCCCc1ccc(C(=O)OC)cc1C12CC3CC(CC(C3)C1)C2. The molecule has 0 heterocycles. The van der Waals surface area contributed by atoms with Crippen molar-refractivity contribution in [3.63, 3.8) is 0 Å². The molecule has 0 spiro atoms. The molecule has 0 atom stereocenters. The van der Waals surface area contributed by atoms with Gasteiger partial charge in [0, 0.05) is 13.2 Å². The molecule has 1 aromatic carbocycles. The molecular formula is C24H34O4. The summed E-state index contributed by atoms with van der Waals surface area (Å²) >= 11 is 0. The molecule has 4 aliphatic carbocycles. The van der Waals surface area contributed by atoms with E-state index in [1.165, 1.54) is 56.8 Å². The number of aryl methyl sites for hydroxylation is 1. The zero-order valence-corrected chi connectivity index (χ0v) is 17.4. The zero-order chi connectivity index (χ0) is 19.6. The number of methoxy groups -OCH3 is 1. The number of benzene rings is 1. The molecule has 0 radical (unpaired) electrons. The molecule has 0 N–H and O–H groups in total. The maximum absolute atomic E-state index is 12.2. The Kier molecular flexibility index (Phi) is 6.07. The predicted molar refractivity (Wildman–Crippen MR) is 108 cm³/mol. The minimum atomic E-state index is -0.224. The Bertz CT molecular complexity index is 661. The molecule has 0 amide bonds. The molecule has 5 rings (SSSR count). The number of hydrogen-bond acceptors (Lipinski definition) is 4. The smallest absolute Gasteiger partial charge is 0.337 e. The monoisotopic (exact) mass is 386 g/mol. The Labute approximate surface area is 168 Å². The van der Waals surface area contributed by atoms with Crippen molar-refractivity contribution in [3.8, 4) is 0 Å². The first-order valence-corrected chi connectivity index (χ1v) is 11.0. The van der Waals surface area contributed by atoms with Crippen molar-refractivity contribution in [3.05, 3.63) is 34.9 Å². The van der Waals surface area contributed by atoms with E-state index in [4.69, 9.17) is 14.2 Å². The van der Waals surface area contributed by atoms with E-state index < -0.39 is 0 Å². The molecule has 0 aromatic heterocycles.